The van der Waals surface area contributed by atoms with E-state index < -0.39 is 0 Å². The van der Waals surface area contributed by atoms with Gasteiger partial charge in [0.15, 0.2) is 5.16 Å². The number of H-pyrrole nitrogens is 1. The summed E-state index contributed by atoms with van der Waals surface area (Å²) in [5.74, 6) is 0. The van der Waals surface area contributed by atoms with E-state index in [9.17, 15) is 0 Å². The van der Waals surface area contributed by atoms with Crippen molar-refractivity contribution in [2.75, 3.05) is 0 Å². The highest BCUT2D eigenvalue weighted by molar-refractivity contribution is 7.99. The van der Waals surface area contributed by atoms with Crippen molar-refractivity contribution in [1.29, 1.82) is 0 Å². The fourth-order valence-corrected chi connectivity index (χ4v) is 2.97. The van der Waals surface area contributed by atoms with Crippen LogP contribution in [-0.2, 0) is 0 Å². The summed E-state index contributed by atoms with van der Waals surface area (Å²) in [5, 5.41) is 10.5. The summed E-state index contributed by atoms with van der Waals surface area (Å²) in [7, 11) is 0. The largest absolute Gasteiger partial charge is 0.254 e. The molecule has 0 aliphatic heterocycles. The Morgan fingerprint density at radius 2 is 1.94 bits per heavy atom. The number of nitrogens with zero attached hydrogens (tertiary/aromatic N) is 2. The normalized spacial score (nSPS) is 12.7. The van der Waals surface area contributed by atoms with Crippen molar-refractivity contribution in [3.63, 3.8) is 0 Å². The molecule has 0 saturated carbocycles. The molecule has 0 saturated heterocycles. The maximum Gasteiger partial charge on any atom is 0.183 e. The lowest BCUT2D eigenvalue weighted by Crippen LogP contribution is -1.91. The highest BCUT2D eigenvalue weighted by atomic mass is 32.2. The van der Waals surface area contributed by atoms with Gasteiger partial charge in [0, 0.05) is 5.25 Å². The standard InChI is InChI=1S/C14H13N3S/c1-10(18-14-15-9-16-17-14)12-8-4-6-11-5-2-3-7-13(11)12/h2-10H,1H3,(H,15,16,17). The second-order valence-corrected chi connectivity index (χ2v) is 5.45. The van der Waals surface area contributed by atoms with Crippen LogP contribution >= 0.6 is 11.8 Å². The number of benzene rings is 2. The minimum atomic E-state index is 0.337. The SMILES string of the molecule is CC(Sc1ncn[nH]1)c1cccc2ccccc12. The molecular formula is C14H13N3S. The minimum Gasteiger partial charge on any atom is -0.254 e. The molecule has 90 valence electrons. The first-order chi connectivity index (χ1) is 8.84. The molecule has 3 nitrogen and oxygen atoms in total. The molecule has 2 aromatic carbocycles. The van der Waals surface area contributed by atoms with Gasteiger partial charge in [-0.15, -0.1) is 0 Å². The molecule has 1 aromatic heterocycles. The molecule has 0 aliphatic rings. The first-order valence-corrected chi connectivity index (χ1v) is 6.72. The van der Waals surface area contributed by atoms with Crippen molar-refractivity contribution in [3.8, 4) is 0 Å². The molecule has 1 atom stereocenters. The smallest absolute Gasteiger partial charge is 0.183 e. The number of rotatable bonds is 3. The van der Waals surface area contributed by atoms with Gasteiger partial charge in [0.05, 0.1) is 0 Å². The van der Waals surface area contributed by atoms with Crippen LogP contribution in [0.25, 0.3) is 10.8 Å². The van der Waals surface area contributed by atoms with Crippen LogP contribution < -0.4 is 0 Å². The Bertz CT molecular complexity index is 644. The van der Waals surface area contributed by atoms with E-state index in [-0.39, 0.29) is 0 Å². The van der Waals surface area contributed by atoms with E-state index in [2.05, 4.69) is 64.6 Å². The van der Waals surface area contributed by atoms with Gasteiger partial charge in [0.1, 0.15) is 6.33 Å². The summed E-state index contributed by atoms with van der Waals surface area (Å²) in [6.07, 6.45) is 1.54. The molecule has 0 aliphatic carbocycles. The third-order valence-electron chi connectivity index (χ3n) is 2.94. The van der Waals surface area contributed by atoms with Gasteiger partial charge in [0.25, 0.3) is 0 Å². The second-order valence-electron chi connectivity index (χ2n) is 4.12. The third-order valence-corrected chi connectivity index (χ3v) is 3.97. The first kappa shape index (κ1) is 11.3. The Hall–Kier alpha value is -1.81. The molecule has 1 heterocycles. The lowest BCUT2D eigenvalue weighted by molar-refractivity contribution is 0.961. The van der Waals surface area contributed by atoms with Gasteiger partial charge in [-0.1, -0.05) is 54.2 Å². The van der Waals surface area contributed by atoms with E-state index >= 15 is 0 Å². The molecule has 1 unspecified atom stereocenters. The zero-order chi connectivity index (χ0) is 12.4. The highest BCUT2D eigenvalue weighted by Gasteiger charge is 2.11. The molecule has 0 radical (unpaired) electrons. The van der Waals surface area contributed by atoms with Crippen LogP contribution in [0, 0.1) is 0 Å². The molecule has 0 fully saturated rings. The van der Waals surface area contributed by atoms with Crippen molar-refractivity contribution in [3.05, 3.63) is 54.4 Å². The van der Waals surface area contributed by atoms with E-state index in [0.29, 0.717) is 5.25 Å². The van der Waals surface area contributed by atoms with Crippen LogP contribution in [0.4, 0.5) is 0 Å². The van der Waals surface area contributed by atoms with Crippen molar-refractivity contribution >= 4 is 22.5 Å². The molecule has 3 aromatic rings. The molecule has 4 heteroatoms. The van der Waals surface area contributed by atoms with Gasteiger partial charge < -0.3 is 0 Å². The van der Waals surface area contributed by atoms with E-state index in [1.54, 1.807) is 11.8 Å². The average molecular weight is 255 g/mol. The van der Waals surface area contributed by atoms with Gasteiger partial charge in [0.2, 0.25) is 0 Å². The van der Waals surface area contributed by atoms with Crippen LogP contribution in [0.15, 0.2) is 53.9 Å². The summed E-state index contributed by atoms with van der Waals surface area (Å²) in [6, 6.07) is 14.9. The molecule has 18 heavy (non-hydrogen) atoms. The molecule has 3 rings (SSSR count). The Morgan fingerprint density at radius 3 is 2.78 bits per heavy atom. The summed E-state index contributed by atoms with van der Waals surface area (Å²) in [6.45, 7) is 2.19. The van der Waals surface area contributed by atoms with Gasteiger partial charge in [-0.3, -0.25) is 5.10 Å². The number of hydrogen-bond donors (Lipinski definition) is 1. The van der Waals surface area contributed by atoms with Gasteiger partial charge in [-0.05, 0) is 23.3 Å². The summed E-state index contributed by atoms with van der Waals surface area (Å²) >= 11 is 1.69. The molecule has 0 bridgehead atoms. The summed E-state index contributed by atoms with van der Waals surface area (Å²) in [4.78, 5) is 4.16. The zero-order valence-corrected chi connectivity index (χ0v) is 10.8. The predicted molar refractivity (Wildman–Crippen MR) is 74.6 cm³/mol. The maximum absolute atomic E-state index is 4.16. The Morgan fingerprint density at radius 1 is 1.11 bits per heavy atom. The highest BCUT2D eigenvalue weighted by Crippen LogP contribution is 2.35. The maximum atomic E-state index is 4.16. The van der Waals surface area contributed by atoms with Gasteiger partial charge in [-0.25, -0.2) is 4.98 Å². The van der Waals surface area contributed by atoms with Crippen LogP contribution in [0.3, 0.4) is 0 Å². The fraction of sp³-hybridized carbons (Fsp3) is 0.143. The quantitative estimate of drug-likeness (QED) is 0.723. The van der Waals surface area contributed by atoms with Crippen LogP contribution in [0.1, 0.15) is 17.7 Å². The number of hydrogen-bond acceptors (Lipinski definition) is 3. The average Bonchev–Trinajstić information content (AvgIpc) is 2.91. The second kappa shape index (κ2) is 4.82. The lowest BCUT2D eigenvalue weighted by atomic mass is 10.0. The van der Waals surface area contributed by atoms with Crippen LogP contribution in [0.5, 0.6) is 0 Å². The number of fused-ring (bicyclic) bond motifs is 1. The van der Waals surface area contributed by atoms with E-state index in [1.165, 1.54) is 22.7 Å². The molecular weight excluding hydrogens is 242 g/mol. The van der Waals surface area contributed by atoms with Crippen molar-refractivity contribution in [2.24, 2.45) is 0 Å². The number of nitrogens with one attached hydrogen (secondary N) is 1. The fourth-order valence-electron chi connectivity index (χ4n) is 2.09. The molecule has 0 spiro atoms. The van der Waals surface area contributed by atoms with Crippen molar-refractivity contribution in [1.82, 2.24) is 15.2 Å². The monoisotopic (exact) mass is 255 g/mol. The Labute approximate surface area is 110 Å². The first-order valence-electron chi connectivity index (χ1n) is 5.84. The number of thioether (sulfide) groups is 1. The van der Waals surface area contributed by atoms with E-state index in [1.807, 2.05) is 0 Å². The zero-order valence-electron chi connectivity index (χ0n) is 10.00. The van der Waals surface area contributed by atoms with Crippen molar-refractivity contribution < 1.29 is 0 Å². The topological polar surface area (TPSA) is 41.6 Å². The molecule has 0 amide bonds. The van der Waals surface area contributed by atoms with Crippen LogP contribution in [-0.4, -0.2) is 15.2 Å². The molecule has 1 N–H and O–H groups in total. The lowest BCUT2D eigenvalue weighted by Gasteiger charge is -2.12. The van der Waals surface area contributed by atoms with Gasteiger partial charge in [-0.2, -0.15) is 5.10 Å². The Balaban J connectivity index is 1.98. The van der Waals surface area contributed by atoms with E-state index in [4.69, 9.17) is 0 Å². The van der Waals surface area contributed by atoms with Crippen LogP contribution in [0.2, 0.25) is 0 Å². The van der Waals surface area contributed by atoms with Crippen molar-refractivity contribution in [2.45, 2.75) is 17.3 Å². The summed E-state index contributed by atoms with van der Waals surface area (Å²) < 4.78 is 0. The van der Waals surface area contributed by atoms with E-state index in [0.717, 1.165) is 5.16 Å². The third kappa shape index (κ3) is 2.11. The Kier molecular flexibility index (Phi) is 3.02. The number of aromatic nitrogens is 3. The summed E-state index contributed by atoms with van der Waals surface area (Å²) in [5.41, 5.74) is 1.33. The van der Waals surface area contributed by atoms with Gasteiger partial charge >= 0.3 is 0 Å². The minimum absolute atomic E-state index is 0.337. The number of aromatic amines is 1. The predicted octanol–water partition coefficient (Wildman–Crippen LogP) is 3.81.